The van der Waals surface area contributed by atoms with Crippen LogP contribution in [0.5, 0.6) is 0 Å². The zero-order valence-corrected chi connectivity index (χ0v) is 18.3. The highest BCUT2D eigenvalue weighted by atomic mass is 16.5. The van der Waals surface area contributed by atoms with Crippen LogP contribution in [0.25, 0.3) is 22.8 Å². The molecule has 0 radical (unpaired) electrons. The Hall–Kier alpha value is -3.67. The van der Waals surface area contributed by atoms with E-state index < -0.39 is 5.60 Å². The first-order valence-electron chi connectivity index (χ1n) is 10.5. The van der Waals surface area contributed by atoms with Crippen LogP contribution in [0.15, 0.2) is 47.1 Å². The molecule has 5 rings (SSSR count). The molecule has 4 aromatic heterocycles. The van der Waals surface area contributed by atoms with Gasteiger partial charge in [0.05, 0.1) is 29.4 Å². The average molecular weight is 448 g/mol. The van der Waals surface area contributed by atoms with Crippen LogP contribution >= 0.6 is 0 Å². The fourth-order valence-electron chi connectivity index (χ4n) is 3.91. The number of aromatic nitrogens is 6. The molecule has 0 bridgehead atoms. The molecule has 0 saturated carbocycles. The normalized spacial score (nSPS) is 18.7. The number of pyridine rings is 1. The monoisotopic (exact) mass is 448 g/mol. The van der Waals surface area contributed by atoms with Gasteiger partial charge in [-0.15, -0.1) is 0 Å². The molecule has 33 heavy (non-hydrogen) atoms. The summed E-state index contributed by atoms with van der Waals surface area (Å²) in [6.45, 7) is 1.19. The first-order valence-corrected chi connectivity index (χ1v) is 10.5. The minimum absolute atomic E-state index is 0.110. The van der Waals surface area contributed by atoms with E-state index in [1.807, 2.05) is 25.2 Å². The Morgan fingerprint density at radius 3 is 2.61 bits per heavy atom. The summed E-state index contributed by atoms with van der Waals surface area (Å²) in [5, 5.41) is 31.7. The smallest absolute Gasteiger partial charge is 0.228 e. The number of aliphatic hydroxyl groups excluding tert-OH is 1. The van der Waals surface area contributed by atoms with Gasteiger partial charge in [0.15, 0.2) is 11.6 Å². The van der Waals surface area contributed by atoms with Crippen molar-refractivity contribution in [2.24, 2.45) is 7.05 Å². The van der Waals surface area contributed by atoms with Crippen LogP contribution in [-0.4, -0.2) is 65.1 Å². The van der Waals surface area contributed by atoms with Crippen molar-refractivity contribution in [1.82, 2.24) is 34.8 Å². The molecule has 0 unspecified atom stereocenters. The first kappa shape index (κ1) is 21.2. The standard InChI is InChI=1S/C22H24N8O3/c1-29-9-7-22(32,13-29)19-11-18(28-33-19)16-5-3-4-15(24-16)17-6-8-23-21(25-17)26-20-10-14(12-31)30(2)27-20/h3-6,8,10-11,31-32H,7,9,12-13H2,1-2H3,(H,23,25,26,27)/t22-/m0/s1. The van der Waals surface area contributed by atoms with Crippen molar-refractivity contribution < 1.29 is 14.7 Å². The van der Waals surface area contributed by atoms with Crippen molar-refractivity contribution in [3.63, 3.8) is 0 Å². The zero-order valence-electron chi connectivity index (χ0n) is 18.3. The van der Waals surface area contributed by atoms with Crippen LogP contribution in [0.3, 0.4) is 0 Å². The minimum Gasteiger partial charge on any atom is -0.390 e. The van der Waals surface area contributed by atoms with Gasteiger partial charge in [0.1, 0.15) is 11.3 Å². The highest BCUT2D eigenvalue weighted by Crippen LogP contribution is 2.33. The molecular formula is C22H24N8O3. The molecule has 170 valence electrons. The second-order valence-electron chi connectivity index (χ2n) is 8.20. The summed E-state index contributed by atoms with van der Waals surface area (Å²) in [4.78, 5) is 15.5. The second kappa shape index (κ2) is 8.35. The summed E-state index contributed by atoms with van der Waals surface area (Å²) < 4.78 is 7.06. The fraction of sp³-hybridized carbons (Fsp3) is 0.318. The number of likely N-dealkylation sites (tertiary alicyclic amines) is 1. The Labute approximate surface area is 189 Å². The molecule has 1 fully saturated rings. The third-order valence-corrected chi connectivity index (χ3v) is 5.72. The highest BCUT2D eigenvalue weighted by molar-refractivity contribution is 5.63. The summed E-state index contributed by atoms with van der Waals surface area (Å²) in [6, 6.07) is 10.8. The third-order valence-electron chi connectivity index (χ3n) is 5.72. The van der Waals surface area contributed by atoms with E-state index in [2.05, 4.69) is 35.4 Å². The summed E-state index contributed by atoms with van der Waals surface area (Å²) in [5.74, 6) is 1.34. The van der Waals surface area contributed by atoms with E-state index in [0.29, 0.717) is 59.0 Å². The molecule has 0 amide bonds. The number of aryl methyl sites for hydroxylation is 1. The number of aliphatic hydroxyl groups is 2. The van der Waals surface area contributed by atoms with Gasteiger partial charge in [0.2, 0.25) is 5.95 Å². The van der Waals surface area contributed by atoms with Gasteiger partial charge in [-0.3, -0.25) is 4.68 Å². The molecule has 4 aromatic rings. The minimum atomic E-state index is -1.04. The maximum atomic E-state index is 10.9. The van der Waals surface area contributed by atoms with Crippen molar-refractivity contribution in [3.8, 4) is 22.8 Å². The van der Waals surface area contributed by atoms with Gasteiger partial charge < -0.3 is 25.0 Å². The Morgan fingerprint density at radius 1 is 1.09 bits per heavy atom. The van der Waals surface area contributed by atoms with Crippen molar-refractivity contribution in [3.05, 3.63) is 54.0 Å². The number of β-amino-alcohol motifs (C(OH)–C–C–N with tert-alkyl or cyclic N) is 1. The maximum absolute atomic E-state index is 10.9. The number of hydrogen-bond acceptors (Lipinski definition) is 10. The number of likely N-dealkylation sites (N-methyl/N-ethyl adjacent to an activating group) is 1. The predicted molar refractivity (Wildman–Crippen MR) is 119 cm³/mol. The summed E-state index contributed by atoms with van der Waals surface area (Å²) in [7, 11) is 3.72. The van der Waals surface area contributed by atoms with Crippen molar-refractivity contribution in [1.29, 1.82) is 0 Å². The van der Waals surface area contributed by atoms with Gasteiger partial charge in [-0.25, -0.2) is 15.0 Å². The predicted octanol–water partition coefficient (Wildman–Crippen LogP) is 1.69. The quantitative estimate of drug-likeness (QED) is 0.399. The number of nitrogens with zero attached hydrogens (tertiary/aromatic N) is 7. The summed E-state index contributed by atoms with van der Waals surface area (Å²) >= 11 is 0. The molecule has 3 N–H and O–H groups in total. The van der Waals surface area contributed by atoms with Gasteiger partial charge in [0.25, 0.3) is 0 Å². The largest absolute Gasteiger partial charge is 0.390 e. The van der Waals surface area contributed by atoms with E-state index in [4.69, 9.17) is 4.52 Å². The van der Waals surface area contributed by atoms with Crippen LogP contribution in [0, 0.1) is 0 Å². The van der Waals surface area contributed by atoms with Crippen LogP contribution in [0.2, 0.25) is 0 Å². The van der Waals surface area contributed by atoms with Crippen molar-refractivity contribution in [2.45, 2.75) is 18.6 Å². The molecule has 1 aliphatic heterocycles. The SMILES string of the molecule is CN1CC[C@@](O)(c2cc(-c3cccc(-c4ccnc(Nc5cc(CO)n(C)n5)n4)n3)no2)C1. The Balaban J connectivity index is 1.39. The summed E-state index contributed by atoms with van der Waals surface area (Å²) in [5.41, 5.74) is 2.05. The second-order valence-corrected chi connectivity index (χ2v) is 8.20. The number of anilines is 2. The molecule has 0 spiro atoms. The lowest BCUT2D eigenvalue weighted by molar-refractivity contribution is 0.0211. The van der Waals surface area contributed by atoms with Crippen LogP contribution in [0.4, 0.5) is 11.8 Å². The molecular weight excluding hydrogens is 424 g/mol. The lowest BCUT2D eigenvalue weighted by Crippen LogP contribution is -2.28. The highest BCUT2D eigenvalue weighted by Gasteiger charge is 2.39. The zero-order chi connectivity index (χ0) is 23.0. The van der Waals surface area contributed by atoms with Crippen LogP contribution < -0.4 is 5.32 Å². The lowest BCUT2D eigenvalue weighted by Gasteiger charge is -2.18. The van der Waals surface area contributed by atoms with E-state index >= 15 is 0 Å². The number of nitrogens with one attached hydrogen (secondary N) is 1. The van der Waals surface area contributed by atoms with Crippen LogP contribution in [-0.2, 0) is 19.3 Å². The molecule has 0 aromatic carbocycles. The average Bonchev–Trinajstić information content (AvgIpc) is 3.53. The molecule has 5 heterocycles. The topological polar surface area (TPSA) is 138 Å². The van der Waals surface area contributed by atoms with Gasteiger partial charge >= 0.3 is 0 Å². The Kier molecular flexibility index (Phi) is 5.36. The Bertz CT molecular complexity index is 1290. The van der Waals surface area contributed by atoms with E-state index in [0.717, 1.165) is 6.54 Å². The van der Waals surface area contributed by atoms with Gasteiger partial charge in [-0.05, 0) is 31.7 Å². The van der Waals surface area contributed by atoms with Crippen LogP contribution in [0.1, 0.15) is 17.9 Å². The molecule has 0 aliphatic carbocycles. The Morgan fingerprint density at radius 2 is 1.88 bits per heavy atom. The van der Waals surface area contributed by atoms with E-state index in [1.54, 1.807) is 36.1 Å². The first-order chi connectivity index (χ1) is 15.9. The van der Waals surface area contributed by atoms with Gasteiger partial charge in [-0.1, -0.05) is 11.2 Å². The van der Waals surface area contributed by atoms with Crippen molar-refractivity contribution >= 4 is 11.8 Å². The van der Waals surface area contributed by atoms with Gasteiger partial charge in [-0.2, -0.15) is 5.10 Å². The number of rotatable bonds is 6. The van der Waals surface area contributed by atoms with E-state index in [9.17, 15) is 10.2 Å². The van der Waals surface area contributed by atoms with E-state index in [1.165, 1.54) is 0 Å². The maximum Gasteiger partial charge on any atom is 0.228 e. The van der Waals surface area contributed by atoms with Crippen molar-refractivity contribution in [2.75, 3.05) is 25.5 Å². The molecule has 11 heteroatoms. The molecule has 11 nitrogen and oxygen atoms in total. The molecule has 1 aliphatic rings. The van der Waals surface area contributed by atoms with E-state index in [-0.39, 0.29) is 6.61 Å². The fourth-order valence-corrected chi connectivity index (χ4v) is 3.91. The van der Waals surface area contributed by atoms with Gasteiger partial charge in [0, 0.05) is 38.5 Å². The third kappa shape index (κ3) is 4.21. The molecule has 1 saturated heterocycles. The number of hydrogen-bond donors (Lipinski definition) is 3. The molecule has 1 atom stereocenters. The summed E-state index contributed by atoms with van der Waals surface area (Å²) in [6.07, 6.45) is 2.23. The lowest BCUT2D eigenvalue weighted by atomic mass is 9.99.